The van der Waals surface area contributed by atoms with Crippen molar-refractivity contribution in [3.8, 4) is 33.8 Å². The topological polar surface area (TPSA) is 11.3 Å². The van der Waals surface area contributed by atoms with Gasteiger partial charge in [-0.3, -0.25) is 12.9 Å². The van der Waals surface area contributed by atoms with Gasteiger partial charge >= 0.3 is 19.1 Å². The number of hydrogen-bond donors (Lipinski definition) is 0. The molecule has 1 nitrogen and oxygen atoms in total. The molecule has 4 rings (SSSR count). The van der Waals surface area contributed by atoms with Crippen molar-refractivity contribution < 1.29 is 22.1 Å². The zero-order chi connectivity index (χ0) is 20.6. The molecule has 0 bridgehead atoms. The third kappa shape index (κ3) is 6.04. The average Bonchev–Trinajstić information content (AvgIpc) is 2.75. The first-order valence-corrected chi connectivity index (χ1v) is 9.12. The molecule has 3 aromatic carbocycles. The van der Waals surface area contributed by atoms with Crippen LogP contribution in [0.4, 0.5) is 12.9 Å². The fourth-order valence-corrected chi connectivity index (χ4v) is 3.04. The zero-order valence-electron chi connectivity index (χ0n) is 16.2. The SMILES string of the molecule is Cc1ccccc1-c1cc(-c2ccccc2)[o+]c(-c2ccccc2)c1.FB(F)F.[F-]. The molecule has 0 radical (unpaired) electrons. The first-order valence-electron chi connectivity index (χ1n) is 9.12. The Kier molecular flexibility index (Phi) is 8.35. The second-order valence-corrected chi connectivity index (χ2v) is 6.37. The van der Waals surface area contributed by atoms with Gasteiger partial charge in [0.15, 0.2) is 0 Å². The fraction of sp³-hybridized carbons (Fsp3) is 0.0417. The minimum absolute atomic E-state index is 0. The molecule has 0 amide bonds. The summed E-state index contributed by atoms with van der Waals surface area (Å²) in [6, 6.07) is 33.2. The quantitative estimate of drug-likeness (QED) is 0.270. The Balaban J connectivity index is 0.000000591. The van der Waals surface area contributed by atoms with E-state index in [1.807, 2.05) is 36.4 Å². The summed E-state index contributed by atoms with van der Waals surface area (Å²) in [6.45, 7) is 2.14. The number of hydrogen-bond acceptors (Lipinski definition) is 0. The smallest absolute Gasteiger partial charge is 0.762 e. The van der Waals surface area contributed by atoms with Crippen molar-refractivity contribution in [2.45, 2.75) is 6.92 Å². The lowest BCUT2D eigenvalue weighted by atomic mass is 9.98. The molecule has 0 aliphatic rings. The molecule has 0 atom stereocenters. The Hall–Kier alpha value is -3.41. The molecule has 4 aromatic rings. The third-order valence-electron chi connectivity index (χ3n) is 4.37. The molecule has 1 aromatic heterocycles. The first-order chi connectivity index (χ1) is 14.0. The molecule has 1 heterocycles. The van der Waals surface area contributed by atoms with E-state index >= 15 is 0 Å². The molecule has 0 spiro atoms. The Morgan fingerprint density at radius 1 is 0.600 bits per heavy atom. The zero-order valence-corrected chi connectivity index (χ0v) is 16.2. The highest BCUT2D eigenvalue weighted by Crippen LogP contribution is 2.33. The second-order valence-electron chi connectivity index (χ2n) is 6.37. The predicted octanol–water partition coefficient (Wildman–Crippen LogP) is 4.75. The molecule has 0 saturated carbocycles. The van der Waals surface area contributed by atoms with Crippen LogP contribution in [0.1, 0.15) is 5.56 Å². The minimum Gasteiger partial charge on any atom is -1.00 e. The Labute approximate surface area is 173 Å². The maximum atomic E-state index is 9.67. The maximum Gasteiger partial charge on any atom is 0.762 e. The van der Waals surface area contributed by atoms with Crippen LogP contribution in [0.15, 0.2) is 101 Å². The van der Waals surface area contributed by atoms with Crippen LogP contribution < -0.4 is 4.70 Å². The second kappa shape index (κ2) is 11.0. The van der Waals surface area contributed by atoms with Crippen LogP contribution in [0.5, 0.6) is 0 Å². The standard InChI is InChI=1S/C24H19O.BF3.FH/c1-18-10-8-9-15-22(18)21-16-23(19-11-4-2-5-12-19)25-24(17-21)20-13-6-3-7-14-20;2-1(3)4;/h2-17H,1H3;;1H/q+1;;/p-1. The highest BCUT2D eigenvalue weighted by Gasteiger charge is 2.20. The van der Waals surface area contributed by atoms with Crippen molar-refractivity contribution >= 4 is 7.54 Å². The molecular formula is C24H19BF4O. The number of aryl methyl sites for hydroxylation is 1. The third-order valence-corrected chi connectivity index (χ3v) is 4.37. The van der Waals surface area contributed by atoms with Crippen LogP contribution in [0.2, 0.25) is 0 Å². The lowest BCUT2D eigenvalue weighted by molar-refractivity contribution is -0.00000901. The van der Waals surface area contributed by atoms with Crippen molar-refractivity contribution in [3.05, 3.63) is 103 Å². The fourth-order valence-electron chi connectivity index (χ4n) is 3.04. The van der Waals surface area contributed by atoms with Crippen LogP contribution in [-0.4, -0.2) is 7.54 Å². The Bertz CT molecular complexity index is 997. The molecular weight excluding hydrogens is 391 g/mol. The molecule has 0 unspecified atom stereocenters. The Morgan fingerprint density at radius 2 is 1.00 bits per heavy atom. The highest BCUT2D eigenvalue weighted by atomic mass is 19.4. The van der Waals surface area contributed by atoms with Gasteiger partial charge in [0.25, 0.3) is 0 Å². The summed E-state index contributed by atoms with van der Waals surface area (Å²) in [4.78, 5) is 0. The van der Waals surface area contributed by atoms with Crippen LogP contribution >= 0.6 is 0 Å². The van der Waals surface area contributed by atoms with Crippen molar-refractivity contribution in [1.29, 1.82) is 0 Å². The molecule has 30 heavy (non-hydrogen) atoms. The van der Waals surface area contributed by atoms with Crippen molar-refractivity contribution in [2.75, 3.05) is 0 Å². The van der Waals surface area contributed by atoms with E-state index in [-0.39, 0.29) is 4.70 Å². The first kappa shape index (κ1) is 22.9. The number of halogens is 4. The molecule has 0 aliphatic carbocycles. The van der Waals surface area contributed by atoms with Gasteiger partial charge in [-0.05, 0) is 42.3 Å². The predicted molar refractivity (Wildman–Crippen MR) is 113 cm³/mol. The summed E-state index contributed by atoms with van der Waals surface area (Å²) in [5, 5.41) is 0. The van der Waals surface area contributed by atoms with Gasteiger partial charge in [-0.1, -0.05) is 60.7 Å². The van der Waals surface area contributed by atoms with Gasteiger partial charge in [0.2, 0.25) is 0 Å². The van der Waals surface area contributed by atoms with Gasteiger partial charge in [0.1, 0.15) is 0 Å². The number of rotatable bonds is 3. The summed E-state index contributed by atoms with van der Waals surface area (Å²) in [5.41, 5.74) is 5.81. The van der Waals surface area contributed by atoms with E-state index in [1.165, 1.54) is 16.7 Å². The van der Waals surface area contributed by atoms with Gasteiger partial charge < -0.3 is 4.70 Å². The van der Waals surface area contributed by atoms with Crippen molar-refractivity contribution in [2.24, 2.45) is 0 Å². The van der Waals surface area contributed by atoms with Crippen LogP contribution in [0.25, 0.3) is 33.8 Å². The van der Waals surface area contributed by atoms with Crippen molar-refractivity contribution in [1.82, 2.24) is 0 Å². The van der Waals surface area contributed by atoms with Gasteiger partial charge in [-0.25, -0.2) is 4.42 Å². The average molecular weight is 410 g/mol. The van der Waals surface area contributed by atoms with E-state index in [4.69, 9.17) is 4.42 Å². The largest absolute Gasteiger partial charge is 1.00 e. The van der Waals surface area contributed by atoms with E-state index < -0.39 is 7.54 Å². The Morgan fingerprint density at radius 3 is 1.43 bits per heavy atom. The molecule has 0 fully saturated rings. The molecule has 0 aliphatic heterocycles. The monoisotopic (exact) mass is 410 g/mol. The summed E-state index contributed by atoms with van der Waals surface area (Å²) in [7, 11) is -3.67. The van der Waals surface area contributed by atoms with E-state index in [1.54, 1.807) is 0 Å². The molecule has 0 saturated heterocycles. The van der Waals surface area contributed by atoms with Gasteiger partial charge in [0.05, 0.1) is 23.3 Å². The van der Waals surface area contributed by atoms with E-state index in [0.717, 1.165) is 22.6 Å². The van der Waals surface area contributed by atoms with Gasteiger partial charge in [-0.15, -0.1) is 0 Å². The van der Waals surface area contributed by atoms with Crippen LogP contribution in [0, 0.1) is 6.92 Å². The summed E-state index contributed by atoms with van der Waals surface area (Å²) >= 11 is 0. The van der Waals surface area contributed by atoms with E-state index in [0.29, 0.717) is 0 Å². The summed E-state index contributed by atoms with van der Waals surface area (Å²) < 4.78 is 35.3. The van der Waals surface area contributed by atoms with Crippen molar-refractivity contribution in [3.63, 3.8) is 0 Å². The van der Waals surface area contributed by atoms with E-state index in [9.17, 15) is 12.9 Å². The van der Waals surface area contributed by atoms with Gasteiger partial charge in [-0.2, -0.15) is 0 Å². The van der Waals surface area contributed by atoms with Crippen LogP contribution in [-0.2, 0) is 0 Å². The molecule has 152 valence electrons. The lowest BCUT2D eigenvalue weighted by Gasteiger charge is -2.05. The highest BCUT2D eigenvalue weighted by molar-refractivity contribution is 6.33. The van der Waals surface area contributed by atoms with Gasteiger partial charge in [0, 0.05) is 5.56 Å². The number of benzene rings is 3. The normalized spacial score (nSPS) is 9.73. The summed E-state index contributed by atoms with van der Waals surface area (Å²) in [5.74, 6) is 1.75. The van der Waals surface area contributed by atoms with E-state index in [2.05, 4.69) is 67.6 Å². The molecule has 6 heteroatoms. The minimum atomic E-state index is -3.67. The summed E-state index contributed by atoms with van der Waals surface area (Å²) in [6.07, 6.45) is 0. The molecule has 0 N–H and O–H groups in total. The lowest BCUT2D eigenvalue weighted by Crippen LogP contribution is -3.00. The van der Waals surface area contributed by atoms with Crippen LogP contribution in [0.3, 0.4) is 0 Å². The maximum absolute atomic E-state index is 9.67.